The predicted molar refractivity (Wildman–Crippen MR) is 39.8 cm³/mol. The van der Waals surface area contributed by atoms with Crippen molar-refractivity contribution in [3.8, 4) is 0 Å². The van der Waals surface area contributed by atoms with Crippen molar-refractivity contribution in [3.63, 3.8) is 0 Å². The van der Waals surface area contributed by atoms with Crippen LogP contribution in [0.1, 0.15) is 5.76 Å². The molecule has 0 saturated carbocycles. The van der Waals surface area contributed by atoms with Crippen molar-refractivity contribution in [1.29, 1.82) is 0 Å². The largest absolute Gasteiger partial charge is 1.00 e. The molecule has 0 atom stereocenters. The van der Waals surface area contributed by atoms with Gasteiger partial charge in [-0.15, -0.1) is 29.0 Å². The van der Waals surface area contributed by atoms with E-state index in [4.69, 9.17) is 4.42 Å². The van der Waals surface area contributed by atoms with Gasteiger partial charge in [-0.2, -0.15) is 0 Å². The Bertz CT molecular complexity index is 351. The van der Waals surface area contributed by atoms with E-state index < -0.39 is 0 Å². The molecule has 0 unspecified atom stereocenters. The van der Waals surface area contributed by atoms with Crippen LogP contribution in [-0.2, 0) is 0 Å². The summed E-state index contributed by atoms with van der Waals surface area (Å²) in [5.74, 6) is 0.940. The fraction of sp³-hybridized carbons (Fsp3) is 0.111. The zero-order chi connectivity index (χ0) is 6.97. The van der Waals surface area contributed by atoms with Gasteiger partial charge in [0.05, 0.1) is 0 Å². The van der Waals surface area contributed by atoms with Crippen molar-refractivity contribution < 1.29 is 23.3 Å². The minimum atomic E-state index is 0. The maximum absolute atomic E-state index is 5.09. The van der Waals surface area contributed by atoms with Crippen LogP contribution in [0.5, 0.6) is 0 Å². The van der Waals surface area contributed by atoms with E-state index in [-0.39, 0.29) is 18.9 Å². The molecule has 0 bridgehead atoms. The Hall–Kier alpha value is -0.643. The smallest absolute Gasteiger partial charge is 0.562 e. The summed E-state index contributed by atoms with van der Waals surface area (Å²) in [6, 6.07) is 8.00. The third kappa shape index (κ3) is 1.35. The first-order chi connectivity index (χ1) is 4.88. The van der Waals surface area contributed by atoms with Crippen LogP contribution in [0.3, 0.4) is 0 Å². The monoisotopic (exact) mass is 138 g/mol. The van der Waals surface area contributed by atoms with Crippen LogP contribution in [0.4, 0.5) is 0 Å². The number of rotatable bonds is 0. The molecule has 1 aromatic carbocycles. The molecule has 0 spiro atoms. The van der Waals surface area contributed by atoms with Crippen molar-refractivity contribution in [2.45, 2.75) is 6.92 Å². The minimum Gasteiger partial charge on any atom is -0.562 e. The second-order valence-electron chi connectivity index (χ2n) is 2.31. The molecule has 0 saturated heterocycles. The van der Waals surface area contributed by atoms with E-state index in [0.29, 0.717) is 0 Å². The van der Waals surface area contributed by atoms with Gasteiger partial charge in [-0.05, 0) is 12.7 Å². The zero-order valence-electron chi connectivity index (χ0n) is 6.72. The Balaban J connectivity index is 0.000000605. The van der Waals surface area contributed by atoms with E-state index in [2.05, 4.69) is 6.26 Å². The molecular formula is C9H7LiO. The number of hydrogen-bond acceptors (Lipinski definition) is 1. The van der Waals surface area contributed by atoms with E-state index in [9.17, 15) is 0 Å². The summed E-state index contributed by atoms with van der Waals surface area (Å²) in [7, 11) is 0. The van der Waals surface area contributed by atoms with Crippen molar-refractivity contribution in [2.75, 3.05) is 0 Å². The van der Waals surface area contributed by atoms with Crippen LogP contribution < -0.4 is 18.9 Å². The molecule has 1 heterocycles. The summed E-state index contributed by atoms with van der Waals surface area (Å²) in [5, 5.41) is 2.21. The molecular weight excluding hydrogens is 131 g/mol. The molecule has 0 aliphatic carbocycles. The van der Waals surface area contributed by atoms with E-state index in [1.807, 2.05) is 31.2 Å². The third-order valence-corrected chi connectivity index (χ3v) is 1.62. The number of furan rings is 1. The van der Waals surface area contributed by atoms with E-state index in [1.165, 1.54) is 0 Å². The van der Waals surface area contributed by atoms with Gasteiger partial charge in [-0.3, -0.25) is 0 Å². The number of hydrogen-bond donors (Lipinski definition) is 0. The maximum atomic E-state index is 5.09. The Morgan fingerprint density at radius 1 is 1.27 bits per heavy atom. The number of aryl methyl sites for hydroxylation is 1. The number of fused-ring (bicyclic) bond motifs is 1. The van der Waals surface area contributed by atoms with Crippen LogP contribution in [-0.4, -0.2) is 0 Å². The van der Waals surface area contributed by atoms with E-state index in [0.717, 1.165) is 16.5 Å². The van der Waals surface area contributed by atoms with Crippen molar-refractivity contribution in [3.05, 3.63) is 36.3 Å². The first-order valence-electron chi connectivity index (χ1n) is 3.24. The molecule has 2 rings (SSSR count). The van der Waals surface area contributed by atoms with Crippen LogP contribution in [0, 0.1) is 13.2 Å². The van der Waals surface area contributed by atoms with Gasteiger partial charge in [-0.1, -0.05) is 6.07 Å². The van der Waals surface area contributed by atoms with Crippen molar-refractivity contribution >= 4 is 10.8 Å². The van der Waals surface area contributed by atoms with Gasteiger partial charge in [-0.25, -0.2) is 0 Å². The Kier molecular flexibility index (Phi) is 2.44. The average Bonchev–Trinajstić information content (AvgIpc) is 2.34. The van der Waals surface area contributed by atoms with E-state index >= 15 is 0 Å². The molecule has 0 amide bonds. The molecule has 2 heteroatoms. The first kappa shape index (κ1) is 8.45. The molecule has 1 nitrogen and oxygen atoms in total. The molecule has 1 aromatic heterocycles. The minimum absolute atomic E-state index is 0. The second kappa shape index (κ2) is 3.17. The van der Waals surface area contributed by atoms with Gasteiger partial charge in [0.25, 0.3) is 0 Å². The standard InChI is InChI=1S/C9H7O.Li/c1-7-9-5-3-2-4-8(9)6-10-7;/h2-5H,1H3;/q-1;+1. The third-order valence-electron chi connectivity index (χ3n) is 1.62. The zero-order valence-corrected chi connectivity index (χ0v) is 6.72. The second-order valence-corrected chi connectivity index (χ2v) is 2.31. The molecule has 0 radical (unpaired) electrons. The quantitative estimate of drug-likeness (QED) is 0.355. The summed E-state index contributed by atoms with van der Waals surface area (Å²) in [5.41, 5.74) is 0. The van der Waals surface area contributed by atoms with Gasteiger partial charge in [0.2, 0.25) is 0 Å². The SMILES string of the molecule is Cc1o[c-]c2ccccc12.[Li+]. The Morgan fingerprint density at radius 2 is 2.00 bits per heavy atom. The fourth-order valence-electron chi connectivity index (χ4n) is 1.07. The van der Waals surface area contributed by atoms with Gasteiger partial charge >= 0.3 is 18.9 Å². The van der Waals surface area contributed by atoms with Crippen LogP contribution in [0.2, 0.25) is 0 Å². The molecule has 11 heavy (non-hydrogen) atoms. The predicted octanol–water partition coefficient (Wildman–Crippen LogP) is -0.455. The molecule has 50 valence electrons. The summed E-state index contributed by atoms with van der Waals surface area (Å²) < 4.78 is 5.09. The molecule has 0 aliphatic heterocycles. The Morgan fingerprint density at radius 3 is 2.73 bits per heavy atom. The maximum Gasteiger partial charge on any atom is 1.00 e. The fourth-order valence-corrected chi connectivity index (χ4v) is 1.07. The molecule has 0 aliphatic rings. The molecule has 0 fully saturated rings. The summed E-state index contributed by atoms with van der Waals surface area (Å²) in [4.78, 5) is 0. The molecule has 0 N–H and O–H groups in total. The molecule has 2 aromatic rings. The topological polar surface area (TPSA) is 13.1 Å². The van der Waals surface area contributed by atoms with Crippen LogP contribution >= 0.6 is 0 Å². The van der Waals surface area contributed by atoms with Gasteiger partial charge < -0.3 is 4.42 Å². The van der Waals surface area contributed by atoms with Gasteiger partial charge in [0.1, 0.15) is 0 Å². The van der Waals surface area contributed by atoms with Crippen LogP contribution in [0.15, 0.2) is 28.7 Å². The summed E-state index contributed by atoms with van der Waals surface area (Å²) in [6.45, 7) is 1.94. The summed E-state index contributed by atoms with van der Waals surface area (Å²) in [6.07, 6.45) is 2.81. The van der Waals surface area contributed by atoms with Gasteiger partial charge in [0.15, 0.2) is 0 Å². The first-order valence-corrected chi connectivity index (χ1v) is 3.24. The van der Waals surface area contributed by atoms with E-state index in [1.54, 1.807) is 0 Å². The van der Waals surface area contributed by atoms with Crippen LogP contribution in [0.25, 0.3) is 10.8 Å². The Labute approximate surface area is 77.6 Å². The van der Waals surface area contributed by atoms with Crippen molar-refractivity contribution in [1.82, 2.24) is 0 Å². The number of benzene rings is 1. The van der Waals surface area contributed by atoms with Gasteiger partial charge in [0, 0.05) is 6.26 Å². The normalized spacial score (nSPS) is 9.55. The average molecular weight is 138 g/mol. The van der Waals surface area contributed by atoms with Crippen molar-refractivity contribution in [2.24, 2.45) is 0 Å². The summed E-state index contributed by atoms with van der Waals surface area (Å²) >= 11 is 0.